The van der Waals surface area contributed by atoms with Crippen LogP contribution in [-0.2, 0) is 61.9 Å². The van der Waals surface area contributed by atoms with E-state index in [0.29, 0.717) is 0 Å². The zero-order chi connectivity index (χ0) is 27.3. The number of ether oxygens (including phenoxy) is 7. The summed E-state index contributed by atoms with van der Waals surface area (Å²) < 4.78 is 36.7. The molecular weight excluding hydrogens is 484 g/mol. The van der Waals surface area contributed by atoms with E-state index < -0.39 is 73.1 Å². The lowest BCUT2D eigenvalue weighted by atomic mass is 9.98. The van der Waals surface area contributed by atoms with Crippen LogP contribution in [-0.4, -0.2) is 80.2 Å². The summed E-state index contributed by atoms with van der Waals surface area (Å²) in [5, 5.41) is 0. The first kappa shape index (κ1) is 30.6. The standard InChI is InChI=1S/C23H32O13/c1-6-14(24)31-12-13-20(33-15(25)7-2)21(34-16(26)8-3)22(35-17(27)9-4)23(32-13)36-19(29)11-10-18(28)30-5/h10-11,13,20-23H,6-9,12H2,1-5H3/b11-10+/t13-,20-,21+,22-,23+/m1/s1. The maximum atomic E-state index is 12.3. The Balaban J connectivity index is 3.44. The van der Waals surface area contributed by atoms with Gasteiger partial charge in [0.15, 0.2) is 12.2 Å². The average Bonchev–Trinajstić information content (AvgIpc) is 2.88. The molecule has 1 aliphatic rings. The van der Waals surface area contributed by atoms with Crippen LogP contribution in [0.15, 0.2) is 12.2 Å². The Labute approximate surface area is 208 Å². The van der Waals surface area contributed by atoms with Crippen molar-refractivity contribution in [3.05, 3.63) is 12.2 Å². The molecule has 0 unspecified atom stereocenters. The van der Waals surface area contributed by atoms with Crippen LogP contribution < -0.4 is 0 Å². The van der Waals surface area contributed by atoms with Crippen LogP contribution in [0.2, 0.25) is 0 Å². The average molecular weight is 516 g/mol. The van der Waals surface area contributed by atoms with Crippen LogP contribution in [0.5, 0.6) is 0 Å². The largest absolute Gasteiger partial charge is 0.466 e. The second-order valence-electron chi connectivity index (χ2n) is 7.30. The van der Waals surface area contributed by atoms with Crippen molar-refractivity contribution in [1.29, 1.82) is 0 Å². The van der Waals surface area contributed by atoms with Gasteiger partial charge in [0.2, 0.25) is 12.4 Å². The first-order valence-electron chi connectivity index (χ1n) is 11.5. The Bertz CT molecular complexity index is 834. The molecule has 0 aromatic carbocycles. The number of carbonyl (C=O) groups excluding carboxylic acids is 6. The smallest absolute Gasteiger partial charge is 0.333 e. The topological polar surface area (TPSA) is 167 Å². The Morgan fingerprint density at radius 3 is 1.61 bits per heavy atom. The fourth-order valence-electron chi connectivity index (χ4n) is 2.85. The van der Waals surface area contributed by atoms with E-state index in [1.54, 1.807) is 6.92 Å². The molecule has 1 aliphatic heterocycles. The molecule has 13 nitrogen and oxygen atoms in total. The predicted molar refractivity (Wildman–Crippen MR) is 118 cm³/mol. The van der Waals surface area contributed by atoms with Crippen LogP contribution in [0.3, 0.4) is 0 Å². The second-order valence-corrected chi connectivity index (χ2v) is 7.30. The molecule has 0 aromatic heterocycles. The summed E-state index contributed by atoms with van der Waals surface area (Å²) in [6.45, 7) is 5.63. The first-order chi connectivity index (χ1) is 17.1. The maximum absolute atomic E-state index is 12.3. The Kier molecular flexibility index (Phi) is 13.2. The van der Waals surface area contributed by atoms with Crippen molar-refractivity contribution in [2.45, 2.75) is 84.1 Å². The monoisotopic (exact) mass is 516 g/mol. The molecule has 1 saturated heterocycles. The van der Waals surface area contributed by atoms with Crippen molar-refractivity contribution < 1.29 is 61.9 Å². The second kappa shape index (κ2) is 15.5. The van der Waals surface area contributed by atoms with Gasteiger partial charge in [0, 0.05) is 37.8 Å². The number of esters is 6. The minimum Gasteiger partial charge on any atom is -0.466 e. The number of methoxy groups -OCH3 is 1. The number of carbonyl (C=O) groups is 6. The summed E-state index contributed by atoms with van der Waals surface area (Å²) in [4.78, 5) is 72.0. The summed E-state index contributed by atoms with van der Waals surface area (Å²) in [6.07, 6.45) is -6.04. The van der Waals surface area contributed by atoms with E-state index >= 15 is 0 Å². The van der Waals surface area contributed by atoms with Crippen molar-refractivity contribution in [3.63, 3.8) is 0 Å². The van der Waals surface area contributed by atoms with Gasteiger partial charge in [-0.15, -0.1) is 0 Å². The van der Waals surface area contributed by atoms with Gasteiger partial charge in [-0.25, -0.2) is 9.59 Å². The van der Waals surface area contributed by atoms with Gasteiger partial charge in [-0.05, 0) is 0 Å². The highest BCUT2D eigenvalue weighted by Crippen LogP contribution is 2.30. The number of hydrogen-bond acceptors (Lipinski definition) is 13. The lowest BCUT2D eigenvalue weighted by molar-refractivity contribution is -0.300. The van der Waals surface area contributed by atoms with E-state index in [1.165, 1.54) is 20.8 Å². The van der Waals surface area contributed by atoms with Crippen molar-refractivity contribution in [1.82, 2.24) is 0 Å². The van der Waals surface area contributed by atoms with Gasteiger partial charge >= 0.3 is 35.8 Å². The quantitative estimate of drug-likeness (QED) is 0.204. The summed E-state index contributed by atoms with van der Waals surface area (Å²) in [7, 11) is 1.11. The number of rotatable bonds is 12. The maximum Gasteiger partial charge on any atom is 0.333 e. The van der Waals surface area contributed by atoms with Crippen molar-refractivity contribution in [2.75, 3.05) is 13.7 Å². The van der Waals surface area contributed by atoms with Crippen molar-refractivity contribution >= 4 is 35.8 Å². The third-order valence-corrected chi connectivity index (χ3v) is 4.75. The van der Waals surface area contributed by atoms with Gasteiger partial charge < -0.3 is 33.2 Å². The molecular formula is C23H32O13. The molecule has 36 heavy (non-hydrogen) atoms. The normalized spacial score (nSPS) is 23.3. The molecule has 0 amide bonds. The number of hydrogen-bond donors (Lipinski definition) is 0. The molecule has 0 aliphatic carbocycles. The molecule has 0 aromatic rings. The van der Waals surface area contributed by atoms with Gasteiger partial charge in [-0.3, -0.25) is 19.2 Å². The Hall–Kier alpha value is -3.48. The van der Waals surface area contributed by atoms with E-state index in [4.69, 9.17) is 28.4 Å². The van der Waals surface area contributed by atoms with E-state index in [0.717, 1.165) is 19.3 Å². The van der Waals surface area contributed by atoms with Crippen molar-refractivity contribution in [2.24, 2.45) is 0 Å². The zero-order valence-corrected chi connectivity index (χ0v) is 20.9. The van der Waals surface area contributed by atoms with Gasteiger partial charge in [0.05, 0.1) is 7.11 Å². The van der Waals surface area contributed by atoms with E-state index in [-0.39, 0.29) is 25.7 Å². The summed E-state index contributed by atoms with van der Waals surface area (Å²) in [5.74, 6) is -4.73. The Morgan fingerprint density at radius 2 is 1.11 bits per heavy atom. The third-order valence-electron chi connectivity index (χ3n) is 4.75. The highest BCUT2D eigenvalue weighted by molar-refractivity contribution is 5.91. The van der Waals surface area contributed by atoms with Crippen LogP contribution in [0, 0.1) is 0 Å². The summed E-state index contributed by atoms with van der Waals surface area (Å²) in [6, 6.07) is 0. The van der Waals surface area contributed by atoms with E-state index in [2.05, 4.69) is 4.74 Å². The van der Waals surface area contributed by atoms with Gasteiger partial charge in [0.25, 0.3) is 0 Å². The lowest BCUT2D eigenvalue weighted by Crippen LogP contribution is -2.63. The SMILES string of the molecule is CCC(=O)OC[C@H]1O[C@@H](OC(=O)/C=C/C(=O)OC)[C@H](OC(=O)CC)[C@@H](OC(=O)CC)[C@@H]1OC(=O)CC. The van der Waals surface area contributed by atoms with E-state index in [1.807, 2.05) is 0 Å². The molecule has 1 heterocycles. The molecule has 1 fully saturated rings. The highest BCUT2D eigenvalue weighted by Gasteiger charge is 2.54. The van der Waals surface area contributed by atoms with Gasteiger partial charge in [-0.2, -0.15) is 0 Å². The Morgan fingerprint density at radius 1 is 0.639 bits per heavy atom. The molecule has 5 atom stereocenters. The third kappa shape index (κ3) is 9.64. The first-order valence-corrected chi connectivity index (χ1v) is 11.5. The molecule has 13 heteroatoms. The molecule has 0 saturated carbocycles. The molecule has 0 bridgehead atoms. The molecule has 202 valence electrons. The molecule has 0 radical (unpaired) electrons. The van der Waals surface area contributed by atoms with Crippen LogP contribution >= 0.6 is 0 Å². The fraction of sp³-hybridized carbons (Fsp3) is 0.652. The van der Waals surface area contributed by atoms with Crippen LogP contribution in [0.1, 0.15) is 53.4 Å². The summed E-state index contributed by atoms with van der Waals surface area (Å²) >= 11 is 0. The van der Waals surface area contributed by atoms with Gasteiger partial charge in [0.1, 0.15) is 12.7 Å². The molecule has 0 spiro atoms. The van der Waals surface area contributed by atoms with E-state index in [9.17, 15) is 28.8 Å². The molecule has 1 rings (SSSR count). The highest BCUT2D eigenvalue weighted by atomic mass is 16.7. The predicted octanol–water partition coefficient (Wildman–Crippen LogP) is 0.902. The van der Waals surface area contributed by atoms with Gasteiger partial charge in [-0.1, -0.05) is 27.7 Å². The summed E-state index contributed by atoms with van der Waals surface area (Å²) in [5.41, 5.74) is 0. The lowest BCUT2D eigenvalue weighted by Gasteiger charge is -2.43. The minimum absolute atomic E-state index is 0.0356. The zero-order valence-electron chi connectivity index (χ0n) is 20.9. The van der Waals surface area contributed by atoms with Crippen LogP contribution in [0.4, 0.5) is 0 Å². The van der Waals surface area contributed by atoms with Crippen LogP contribution in [0.25, 0.3) is 0 Å². The minimum atomic E-state index is -1.69. The molecule has 0 N–H and O–H groups in total. The fourth-order valence-corrected chi connectivity index (χ4v) is 2.85. The van der Waals surface area contributed by atoms with Crippen molar-refractivity contribution in [3.8, 4) is 0 Å².